The molecule has 0 amide bonds. The van der Waals surface area contributed by atoms with Crippen molar-refractivity contribution in [2.75, 3.05) is 33.7 Å². The summed E-state index contributed by atoms with van der Waals surface area (Å²) in [6.07, 6.45) is 2.56. The fourth-order valence-corrected chi connectivity index (χ4v) is 2.58. The van der Waals surface area contributed by atoms with E-state index in [2.05, 4.69) is 60.0 Å². The highest BCUT2D eigenvalue weighted by molar-refractivity contribution is 5.19. The van der Waals surface area contributed by atoms with Crippen molar-refractivity contribution in [3.05, 3.63) is 35.9 Å². The summed E-state index contributed by atoms with van der Waals surface area (Å²) < 4.78 is 0. The number of hydrogen-bond acceptors (Lipinski definition) is 3. The molecule has 2 N–H and O–H groups in total. The second kappa shape index (κ2) is 6.88. The quantitative estimate of drug-likeness (QED) is 0.828. The molecule has 100 valence electrons. The molecule has 0 saturated carbocycles. The fraction of sp³-hybridized carbons (Fsp3) is 0.600. The summed E-state index contributed by atoms with van der Waals surface area (Å²) >= 11 is 0. The van der Waals surface area contributed by atoms with E-state index in [1.54, 1.807) is 0 Å². The van der Waals surface area contributed by atoms with Gasteiger partial charge in [0, 0.05) is 25.2 Å². The molecule has 3 nitrogen and oxygen atoms in total. The molecule has 1 saturated heterocycles. The summed E-state index contributed by atoms with van der Waals surface area (Å²) in [5, 5.41) is 7.27. The average Bonchev–Trinajstić information content (AvgIpc) is 2.40. The van der Waals surface area contributed by atoms with Crippen LogP contribution in [0.2, 0.25) is 0 Å². The summed E-state index contributed by atoms with van der Waals surface area (Å²) in [5.41, 5.74) is 1.39. The first-order chi connectivity index (χ1) is 8.75. The second-order valence-electron chi connectivity index (χ2n) is 5.44. The molecule has 1 aliphatic rings. The van der Waals surface area contributed by atoms with Crippen molar-refractivity contribution in [1.82, 2.24) is 15.5 Å². The molecule has 1 heterocycles. The largest absolute Gasteiger partial charge is 0.315 e. The minimum atomic E-state index is 0.422. The van der Waals surface area contributed by atoms with E-state index in [1.165, 1.54) is 24.9 Å². The van der Waals surface area contributed by atoms with E-state index in [4.69, 9.17) is 0 Å². The minimum absolute atomic E-state index is 0.422. The third-order valence-electron chi connectivity index (χ3n) is 3.48. The second-order valence-corrected chi connectivity index (χ2v) is 5.44. The maximum Gasteiger partial charge on any atom is 0.0451 e. The number of hydrogen-bond donors (Lipinski definition) is 2. The van der Waals surface area contributed by atoms with E-state index < -0.39 is 0 Å². The van der Waals surface area contributed by atoms with Crippen molar-refractivity contribution < 1.29 is 0 Å². The van der Waals surface area contributed by atoms with Gasteiger partial charge in [0.15, 0.2) is 0 Å². The molecule has 1 aromatic carbocycles. The van der Waals surface area contributed by atoms with Crippen LogP contribution in [0.25, 0.3) is 0 Å². The Morgan fingerprint density at radius 3 is 2.72 bits per heavy atom. The van der Waals surface area contributed by atoms with Crippen LogP contribution in [0.3, 0.4) is 0 Å². The first kappa shape index (κ1) is 13.5. The third kappa shape index (κ3) is 4.09. The molecular weight excluding hydrogens is 222 g/mol. The van der Waals surface area contributed by atoms with Gasteiger partial charge in [0.25, 0.3) is 0 Å². The van der Waals surface area contributed by atoms with Crippen molar-refractivity contribution in [1.29, 1.82) is 0 Å². The van der Waals surface area contributed by atoms with Crippen LogP contribution < -0.4 is 10.6 Å². The van der Waals surface area contributed by atoms with Gasteiger partial charge in [-0.2, -0.15) is 0 Å². The standard InChI is InChI=1S/C15H25N3/c1-18(2)12-15(13-7-4-3-5-8-13)17-14-9-6-10-16-11-14/h3-5,7-8,14-17H,6,9-12H2,1-2H3. The van der Waals surface area contributed by atoms with Gasteiger partial charge in [0.2, 0.25) is 0 Å². The van der Waals surface area contributed by atoms with Gasteiger partial charge < -0.3 is 15.5 Å². The lowest BCUT2D eigenvalue weighted by atomic mass is 10.0. The highest BCUT2D eigenvalue weighted by atomic mass is 15.1. The molecule has 0 aromatic heterocycles. The first-order valence-corrected chi connectivity index (χ1v) is 6.92. The van der Waals surface area contributed by atoms with E-state index in [-0.39, 0.29) is 0 Å². The van der Waals surface area contributed by atoms with E-state index in [0.717, 1.165) is 13.1 Å². The number of rotatable bonds is 5. The number of benzene rings is 1. The molecule has 0 bridgehead atoms. The van der Waals surface area contributed by atoms with Gasteiger partial charge in [0.1, 0.15) is 0 Å². The maximum absolute atomic E-state index is 3.80. The van der Waals surface area contributed by atoms with Crippen molar-refractivity contribution in [2.45, 2.75) is 24.9 Å². The molecule has 0 radical (unpaired) electrons. The maximum atomic E-state index is 3.80. The molecule has 0 aliphatic carbocycles. The predicted molar refractivity (Wildman–Crippen MR) is 76.8 cm³/mol. The smallest absolute Gasteiger partial charge is 0.0451 e. The van der Waals surface area contributed by atoms with Gasteiger partial charge in [-0.1, -0.05) is 30.3 Å². The normalized spacial score (nSPS) is 22.1. The molecule has 1 fully saturated rings. The zero-order chi connectivity index (χ0) is 12.8. The molecular formula is C15H25N3. The Hall–Kier alpha value is -0.900. The van der Waals surface area contributed by atoms with Crippen LogP contribution in [-0.2, 0) is 0 Å². The predicted octanol–water partition coefficient (Wildman–Crippen LogP) is 1.63. The third-order valence-corrected chi connectivity index (χ3v) is 3.48. The van der Waals surface area contributed by atoms with E-state index in [9.17, 15) is 0 Å². The number of nitrogens with one attached hydrogen (secondary N) is 2. The molecule has 3 heteroatoms. The zero-order valence-electron chi connectivity index (χ0n) is 11.5. The van der Waals surface area contributed by atoms with E-state index in [0.29, 0.717) is 12.1 Å². The van der Waals surface area contributed by atoms with Gasteiger partial charge >= 0.3 is 0 Å². The molecule has 2 atom stereocenters. The molecule has 2 rings (SSSR count). The van der Waals surface area contributed by atoms with Crippen LogP contribution in [0.5, 0.6) is 0 Å². The lowest BCUT2D eigenvalue weighted by Gasteiger charge is -2.30. The lowest BCUT2D eigenvalue weighted by molar-refractivity contribution is 0.293. The fourth-order valence-electron chi connectivity index (χ4n) is 2.58. The van der Waals surface area contributed by atoms with Crippen LogP contribution >= 0.6 is 0 Å². The Labute approximate surface area is 111 Å². The van der Waals surface area contributed by atoms with E-state index >= 15 is 0 Å². The van der Waals surface area contributed by atoms with Crippen molar-refractivity contribution >= 4 is 0 Å². The van der Waals surface area contributed by atoms with Crippen LogP contribution in [0.4, 0.5) is 0 Å². The molecule has 0 spiro atoms. The Kier molecular flexibility index (Phi) is 5.17. The monoisotopic (exact) mass is 247 g/mol. The van der Waals surface area contributed by atoms with Crippen LogP contribution in [0.15, 0.2) is 30.3 Å². The Balaban J connectivity index is 2.00. The highest BCUT2D eigenvalue weighted by Crippen LogP contribution is 2.16. The first-order valence-electron chi connectivity index (χ1n) is 6.92. The SMILES string of the molecule is CN(C)CC(NC1CCCNC1)c1ccccc1. The minimum Gasteiger partial charge on any atom is -0.315 e. The summed E-state index contributed by atoms with van der Waals surface area (Å²) in [6.45, 7) is 3.30. The summed E-state index contributed by atoms with van der Waals surface area (Å²) in [7, 11) is 4.27. The highest BCUT2D eigenvalue weighted by Gasteiger charge is 2.19. The lowest BCUT2D eigenvalue weighted by Crippen LogP contribution is -2.46. The Morgan fingerprint density at radius 1 is 1.33 bits per heavy atom. The molecule has 1 aliphatic heterocycles. The topological polar surface area (TPSA) is 27.3 Å². The number of nitrogens with zero attached hydrogens (tertiary/aromatic N) is 1. The summed E-state index contributed by atoms with van der Waals surface area (Å²) in [6, 6.07) is 11.8. The van der Waals surface area contributed by atoms with Crippen molar-refractivity contribution in [3.63, 3.8) is 0 Å². The van der Waals surface area contributed by atoms with Crippen LogP contribution in [0, 0.1) is 0 Å². The molecule has 1 aromatic rings. The average molecular weight is 247 g/mol. The van der Waals surface area contributed by atoms with Gasteiger partial charge in [-0.15, -0.1) is 0 Å². The Bertz CT molecular complexity index is 331. The summed E-state index contributed by atoms with van der Waals surface area (Å²) in [5.74, 6) is 0. The van der Waals surface area contributed by atoms with Gasteiger partial charge in [-0.05, 0) is 39.0 Å². The Morgan fingerprint density at radius 2 is 2.11 bits per heavy atom. The summed E-state index contributed by atoms with van der Waals surface area (Å²) in [4.78, 5) is 2.25. The molecule has 18 heavy (non-hydrogen) atoms. The van der Waals surface area contributed by atoms with Gasteiger partial charge in [-0.3, -0.25) is 0 Å². The van der Waals surface area contributed by atoms with Crippen LogP contribution in [0.1, 0.15) is 24.4 Å². The van der Waals surface area contributed by atoms with Crippen molar-refractivity contribution in [2.24, 2.45) is 0 Å². The number of piperidine rings is 1. The van der Waals surface area contributed by atoms with E-state index in [1.807, 2.05) is 0 Å². The van der Waals surface area contributed by atoms with Crippen LogP contribution in [-0.4, -0.2) is 44.7 Å². The number of likely N-dealkylation sites (N-methyl/N-ethyl adjacent to an activating group) is 1. The zero-order valence-corrected chi connectivity index (χ0v) is 11.5. The van der Waals surface area contributed by atoms with Gasteiger partial charge in [-0.25, -0.2) is 0 Å². The van der Waals surface area contributed by atoms with Crippen molar-refractivity contribution in [3.8, 4) is 0 Å². The van der Waals surface area contributed by atoms with Gasteiger partial charge in [0.05, 0.1) is 0 Å². The molecule has 2 unspecified atom stereocenters.